The summed E-state index contributed by atoms with van der Waals surface area (Å²) in [6, 6.07) is 10.0. The van der Waals surface area contributed by atoms with Crippen molar-refractivity contribution in [2.24, 2.45) is 5.92 Å². The van der Waals surface area contributed by atoms with Crippen molar-refractivity contribution < 1.29 is 23.0 Å². The number of halogens is 2. The zero-order valence-electron chi connectivity index (χ0n) is 16.0. The van der Waals surface area contributed by atoms with Crippen LogP contribution in [0, 0.1) is 17.6 Å². The van der Waals surface area contributed by atoms with Gasteiger partial charge in [0.25, 0.3) is 0 Å². The van der Waals surface area contributed by atoms with Gasteiger partial charge in [-0.15, -0.1) is 0 Å². The number of carbonyl (C=O) groups is 1. The van der Waals surface area contributed by atoms with E-state index in [9.17, 15) is 13.6 Å². The van der Waals surface area contributed by atoms with Crippen LogP contribution in [0.3, 0.4) is 0 Å². The van der Waals surface area contributed by atoms with Gasteiger partial charge in [0.05, 0.1) is 13.2 Å². The van der Waals surface area contributed by atoms with E-state index in [-0.39, 0.29) is 19.0 Å². The highest BCUT2D eigenvalue weighted by Crippen LogP contribution is 2.34. The Balaban J connectivity index is 1.67. The SMILES string of the molecule is CCOC(=O)CCCOc1c(F)cc(-c2ccccc2NCC2CC2)cc1F. The predicted octanol–water partition coefficient (Wildman–Crippen LogP) is 5.18. The molecule has 0 spiro atoms. The van der Waals surface area contributed by atoms with Crippen molar-refractivity contribution in [3.05, 3.63) is 48.0 Å². The molecule has 0 radical (unpaired) electrons. The van der Waals surface area contributed by atoms with Crippen molar-refractivity contribution in [2.45, 2.75) is 32.6 Å². The smallest absolute Gasteiger partial charge is 0.305 e. The van der Waals surface area contributed by atoms with Crippen molar-refractivity contribution in [3.63, 3.8) is 0 Å². The summed E-state index contributed by atoms with van der Waals surface area (Å²) in [6.45, 7) is 2.93. The number of esters is 1. The summed E-state index contributed by atoms with van der Waals surface area (Å²) >= 11 is 0. The van der Waals surface area contributed by atoms with Crippen LogP contribution in [0.1, 0.15) is 32.6 Å². The third kappa shape index (κ3) is 5.44. The van der Waals surface area contributed by atoms with E-state index in [4.69, 9.17) is 9.47 Å². The van der Waals surface area contributed by atoms with Gasteiger partial charge in [-0.05, 0) is 55.9 Å². The van der Waals surface area contributed by atoms with Gasteiger partial charge in [-0.1, -0.05) is 18.2 Å². The molecule has 4 nitrogen and oxygen atoms in total. The molecule has 0 unspecified atom stereocenters. The first-order valence-electron chi connectivity index (χ1n) is 9.69. The van der Waals surface area contributed by atoms with Crippen molar-refractivity contribution in [3.8, 4) is 16.9 Å². The Morgan fingerprint density at radius 3 is 2.57 bits per heavy atom. The zero-order chi connectivity index (χ0) is 19.9. The van der Waals surface area contributed by atoms with Crippen LogP contribution >= 0.6 is 0 Å². The van der Waals surface area contributed by atoms with Crippen molar-refractivity contribution in [2.75, 3.05) is 25.1 Å². The number of hydrogen-bond acceptors (Lipinski definition) is 4. The number of benzene rings is 2. The van der Waals surface area contributed by atoms with E-state index in [1.807, 2.05) is 24.3 Å². The summed E-state index contributed by atoms with van der Waals surface area (Å²) in [4.78, 5) is 11.3. The van der Waals surface area contributed by atoms with Gasteiger partial charge in [0.1, 0.15) is 0 Å². The Kier molecular flexibility index (Phi) is 6.85. The highest BCUT2D eigenvalue weighted by molar-refractivity contribution is 5.78. The summed E-state index contributed by atoms with van der Waals surface area (Å²) in [7, 11) is 0. The normalized spacial score (nSPS) is 13.2. The molecule has 2 aromatic carbocycles. The maximum absolute atomic E-state index is 14.5. The first-order valence-corrected chi connectivity index (χ1v) is 9.69. The number of rotatable bonds is 10. The van der Waals surface area contributed by atoms with E-state index in [2.05, 4.69) is 5.32 Å². The number of nitrogens with one attached hydrogen (secondary N) is 1. The van der Waals surface area contributed by atoms with Gasteiger partial charge in [0, 0.05) is 24.2 Å². The summed E-state index contributed by atoms with van der Waals surface area (Å²) < 4.78 is 39.0. The zero-order valence-corrected chi connectivity index (χ0v) is 16.0. The van der Waals surface area contributed by atoms with Crippen LogP contribution in [0.25, 0.3) is 11.1 Å². The van der Waals surface area contributed by atoms with Gasteiger partial charge in [-0.25, -0.2) is 8.78 Å². The van der Waals surface area contributed by atoms with Gasteiger partial charge >= 0.3 is 5.97 Å². The fraction of sp³-hybridized carbons (Fsp3) is 0.409. The van der Waals surface area contributed by atoms with E-state index >= 15 is 0 Å². The van der Waals surface area contributed by atoms with Crippen LogP contribution in [0.2, 0.25) is 0 Å². The van der Waals surface area contributed by atoms with Crippen LogP contribution < -0.4 is 10.1 Å². The van der Waals surface area contributed by atoms with E-state index in [1.54, 1.807) is 6.92 Å². The Bertz CT molecular complexity index is 798. The molecule has 150 valence electrons. The molecule has 1 aliphatic rings. The molecule has 2 aromatic rings. The second-order valence-electron chi connectivity index (χ2n) is 6.90. The maximum atomic E-state index is 14.5. The molecule has 0 heterocycles. The summed E-state index contributed by atoms with van der Waals surface area (Å²) in [5.41, 5.74) is 2.05. The number of anilines is 1. The lowest BCUT2D eigenvalue weighted by molar-refractivity contribution is -0.143. The van der Waals surface area contributed by atoms with Gasteiger partial charge < -0.3 is 14.8 Å². The summed E-state index contributed by atoms with van der Waals surface area (Å²) in [5.74, 6) is -1.60. The molecule has 0 amide bonds. The van der Waals surface area contributed by atoms with Crippen molar-refractivity contribution in [1.82, 2.24) is 0 Å². The fourth-order valence-electron chi connectivity index (χ4n) is 2.94. The molecule has 0 aliphatic heterocycles. The molecule has 0 bridgehead atoms. The van der Waals surface area contributed by atoms with Crippen LogP contribution in [0.5, 0.6) is 5.75 Å². The van der Waals surface area contributed by atoms with E-state index in [0.717, 1.165) is 17.8 Å². The van der Waals surface area contributed by atoms with Crippen molar-refractivity contribution >= 4 is 11.7 Å². The Morgan fingerprint density at radius 2 is 1.89 bits per heavy atom. The van der Waals surface area contributed by atoms with Crippen LogP contribution in [0.4, 0.5) is 14.5 Å². The molecular weight excluding hydrogens is 364 g/mol. The molecule has 0 saturated heterocycles. The third-order valence-corrected chi connectivity index (χ3v) is 4.59. The topological polar surface area (TPSA) is 47.6 Å². The van der Waals surface area contributed by atoms with Gasteiger partial charge in [-0.3, -0.25) is 4.79 Å². The lowest BCUT2D eigenvalue weighted by Gasteiger charge is -2.14. The highest BCUT2D eigenvalue weighted by atomic mass is 19.1. The minimum atomic E-state index is -0.761. The second kappa shape index (κ2) is 9.53. The lowest BCUT2D eigenvalue weighted by atomic mass is 10.0. The monoisotopic (exact) mass is 389 g/mol. The Morgan fingerprint density at radius 1 is 1.18 bits per heavy atom. The summed E-state index contributed by atoms with van der Waals surface area (Å²) in [5, 5.41) is 3.37. The van der Waals surface area contributed by atoms with Crippen molar-refractivity contribution in [1.29, 1.82) is 0 Å². The molecule has 6 heteroatoms. The van der Waals surface area contributed by atoms with E-state index in [0.29, 0.717) is 24.5 Å². The van der Waals surface area contributed by atoms with Crippen LogP contribution in [-0.4, -0.2) is 25.7 Å². The fourth-order valence-corrected chi connectivity index (χ4v) is 2.94. The lowest BCUT2D eigenvalue weighted by Crippen LogP contribution is -2.08. The largest absolute Gasteiger partial charge is 0.488 e. The minimum absolute atomic E-state index is 0.0333. The molecule has 1 N–H and O–H groups in total. The van der Waals surface area contributed by atoms with E-state index < -0.39 is 17.4 Å². The quantitative estimate of drug-likeness (QED) is 0.450. The Hall–Kier alpha value is -2.63. The molecule has 0 atom stereocenters. The van der Waals surface area contributed by atoms with Gasteiger partial charge in [0.2, 0.25) is 0 Å². The third-order valence-electron chi connectivity index (χ3n) is 4.59. The molecule has 0 aromatic heterocycles. The predicted molar refractivity (Wildman–Crippen MR) is 104 cm³/mol. The Labute approximate surface area is 163 Å². The number of carbonyl (C=O) groups excluding carboxylic acids is 1. The number of ether oxygens (including phenoxy) is 2. The molecule has 1 fully saturated rings. The first-order chi connectivity index (χ1) is 13.6. The molecule has 1 aliphatic carbocycles. The first kappa shape index (κ1) is 20.1. The average Bonchev–Trinajstić information content (AvgIpc) is 3.50. The standard InChI is InChI=1S/C22H25F2NO3/c1-2-27-21(26)8-5-11-28-22-18(23)12-16(13-19(22)24)17-6-3-4-7-20(17)25-14-15-9-10-15/h3-4,6-7,12-13,15,25H,2,5,8-11,14H2,1H3. The maximum Gasteiger partial charge on any atom is 0.305 e. The highest BCUT2D eigenvalue weighted by Gasteiger charge is 2.21. The number of para-hydroxylation sites is 1. The second-order valence-corrected chi connectivity index (χ2v) is 6.90. The molecule has 1 saturated carbocycles. The average molecular weight is 389 g/mol. The van der Waals surface area contributed by atoms with E-state index in [1.165, 1.54) is 25.0 Å². The number of hydrogen-bond donors (Lipinski definition) is 1. The summed E-state index contributed by atoms with van der Waals surface area (Å²) in [6.07, 6.45) is 2.92. The van der Waals surface area contributed by atoms with Crippen LogP contribution in [-0.2, 0) is 9.53 Å². The molecule has 3 rings (SSSR count). The molecule has 28 heavy (non-hydrogen) atoms. The minimum Gasteiger partial charge on any atom is -0.488 e. The van der Waals surface area contributed by atoms with Gasteiger partial charge in [-0.2, -0.15) is 0 Å². The van der Waals surface area contributed by atoms with Crippen LogP contribution in [0.15, 0.2) is 36.4 Å². The molecular formula is C22H25F2NO3. The van der Waals surface area contributed by atoms with Gasteiger partial charge in [0.15, 0.2) is 17.4 Å².